The molecule has 1 atom stereocenters. The first-order valence-corrected chi connectivity index (χ1v) is 6.33. The fraction of sp³-hybridized carbons (Fsp3) is 0.571. The first kappa shape index (κ1) is 14.8. The molecule has 102 valence electrons. The Morgan fingerprint density at radius 1 is 1.22 bits per heavy atom. The fourth-order valence-electron chi connectivity index (χ4n) is 1.78. The topological polar surface area (TPSA) is 44.3 Å². The van der Waals surface area contributed by atoms with Crippen LogP contribution in [0.15, 0.2) is 18.2 Å². The molecule has 1 unspecified atom stereocenters. The minimum Gasteiger partial charge on any atom is -0.493 e. The molecule has 1 aromatic carbocycles. The molecular weight excluding hydrogens is 230 g/mol. The zero-order chi connectivity index (χ0) is 13.4. The van der Waals surface area contributed by atoms with E-state index in [0.29, 0.717) is 12.6 Å². The van der Waals surface area contributed by atoms with Gasteiger partial charge in [-0.05, 0) is 32.0 Å². The molecule has 0 aliphatic carbocycles. The molecule has 1 rings (SSSR count). The Morgan fingerprint density at radius 2 is 2.00 bits per heavy atom. The monoisotopic (exact) mass is 254 g/mol. The molecular formula is C14H24NO3+. The van der Waals surface area contributed by atoms with Crippen LogP contribution in [0.3, 0.4) is 0 Å². The number of nitrogens with two attached hydrogens (primary N) is 1. The van der Waals surface area contributed by atoms with Crippen LogP contribution in [0.2, 0.25) is 0 Å². The quantitative estimate of drug-likeness (QED) is 0.758. The number of rotatable bonds is 8. The van der Waals surface area contributed by atoms with Gasteiger partial charge in [-0.25, -0.2) is 0 Å². The van der Waals surface area contributed by atoms with Gasteiger partial charge in [-0.3, -0.25) is 0 Å². The maximum Gasteiger partial charge on any atom is 0.161 e. The number of methoxy groups -OCH3 is 2. The summed E-state index contributed by atoms with van der Waals surface area (Å²) in [5.74, 6) is 1.59. The van der Waals surface area contributed by atoms with Crippen molar-refractivity contribution in [2.24, 2.45) is 0 Å². The Balaban J connectivity index is 2.63. The molecule has 0 saturated heterocycles. The van der Waals surface area contributed by atoms with Gasteiger partial charge in [0.2, 0.25) is 0 Å². The zero-order valence-electron chi connectivity index (χ0n) is 11.7. The molecule has 18 heavy (non-hydrogen) atoms. The molecule has 0 aliphatic heterocycles. The average Bonchev–Trinajstić information content (AvgIpc) is 2.37. The van der Waals surface area contributed by atoms with E-state index in [1.165, 1.54) is 5.56 Å². The van der Waals surface area contributed by atoms with E-state index in [1.807, 2.05) is 19.1 Å². The van der Waals surface area contributed by atoms with Gasteiger partial charge >= 0.3 is 0 Å². The second-order valence-electron chi connectivity index (χ2n) is 4.29. The normalized spacial score (nSPS) is 12.2. The molecule has 0 fully saturated rings. The van der Waals surface area contributed by atoms with E-state index in [1.54, 1.807) is 14.2 Å². The summed E-state index contributed by atoms with van der Waals surface area (Å²) in [5.41, 5.74) is 1.22. The van der Waals surface area contributed by atoms with Crippen LogP contribution in [0.25, 0.3) is 0 Å². The number of ether oxygens (including phenoxy) is 3. The maximum atomic E-state index is 5.56. The largest absolute Gasteiger partial charge is 0.493 e. The Kier molecular flexibility index (Phi) is 6.54. The molecule has 2 N–H and O–H groups in total. The van der Waals surface area contributed by atoms with E-state index < -0.39 is 0 Å². The van der Waals surface area contributed by atoms with Gasteiger partial charge in [-0.15, -0.1) is 0 Å². The molecule has 4 nitrogen and oxygen atoms in total. The van der Waals surface area contributed by atoms with Crippen LogP contribution >= 0.6 is 0 Å². The number of hydrogen-bond donors (Lipinski definition) is 1. The van der Waals surface area contributed by atoms with Crippen LogP contribution in [0.4, 0.5) is 0 Å². The van der Waals surface area contributed by atoms with Crippen LogP contribution < -0.4 is 14.8 Å². The minimum absolute atomic E-state index is 0.452. The summed E-state index contributed by atoms with van der Waals surface area (Å²) in [6.07, 6.45) is 0. The van der Waals surface area contributed by atoms with Crippen LogP contribution in [0.5, 0.6) is 11.5 Å². The predicted octanol–water partition coefficient (Wildman–Crippen LogP) is 1.19. The van der Waals surface area contributed by atoms with Crippen LogP contribution in [0.1, 0.15) is 19.4 Å². The summed E-state index contributed by atoms with van der Waals surface area (Å²) in [7, 11) is 3.38. The van der Waals surface area contributed by atoms with Crippen molar-refractivity contribution in [2.45, 2.75) is 26.4 Å². The second-order valence-corrected chi connectivity index (χ2v) is 4.29. The highest BCUT2D eigenvalue weighted by Gasteiger charge is 2.08. The van der Waals surface area contributed by atoms with Crippen molar-refractivity contribution in [3.63, 3.8) is 0 Å². The number of quaternary nitrogens is 1. The number of hydrogen-bond acceptors (Lipinski definition) is 3. The van der Waals surface area contributed by atoms with Gasteiger partial charge in [0.25, 0.3) is 0 Å². The van der Waals surface area contributed by atoms with E-state index >= 15 is 0 Å². The zero-order valence-corrected chi connectivity index (χ0v) is 11.7. The van der Waals surface area contributed by atoms with Crippen LogP contribution in [-0.2, 0) is 11.3 Å². The summed E-state index contributed by atoms with van der Waals surface area (Å²) >= 11 is 0. The molecule has 0 bridgehead atoms. The first-order valence-electron chi connectivity index (χ1n) is 6.33. The standard InChI is InChI=1S/C14H23NO3/c1-5-18-14-8-12(6-7-13(14)17-4)9-15-11(2)10-16-3/h6-8,11,15H,5,9-10H2,1-4H3/p+1. The van der Waals surface area contributed by atoms with Crippen molar-refractivity contribution < 1.29 is 19.5 Å². The highest BCUT2D eigenvalue weighted by atomic mass is 16.5. The second kappa shape index (κ2) is 7.95. The first-order chi connectivity index (χ1) is 8.71. The lowest BCUT2D eigenvalue weighted by Gasteiger charge is -2.12. The SMILES string of the molecule is CCOc1cc(C[NH2+]C(C)COC)ccc1OC. The summed E-state index contributed by atoms with van der Waals surface area (Å²) < 4.78 is 15.9. The molecule has 0 heterocycles. The smallest absolute Gasteiger partial charge is 0.161 e. The van der Waals surface area contributed by atoms with Gasteiger partial charge in [-0.2, -0.15) is 0 Å². The van der Waals surface area contributed by atoms with Crippen LogP contribution in [-0.4, -0.2) is 33.5 Å². The Bertz CT molecular complexity index is 355. The summed E-state index contributed by atoms with van der Waals surface area (Å²) in [5, 5.41) is 2.25. The molecule has 0 aliphatic rings. The van der Waals surface area contributed by atoms with E-state index in [2.05, 4.69) is 18.3 Å². The predicted molar refractivity (Wildman–Crippen MR) is 71.1 cm³/mol. The summed E-state index contributed by atoms with van der Waals surface area (Å²) in [4.78, 5) is 0. The molecule has 1 aromatic rings. The van der Waals surface area contributed by atoms with Gasteiger partial charge in [0, 0.05) is 12.7 Å². The Morgan fingerprint density at radius 3 is 2.61 bits per heavy atom. The third-order valence-corrected chi connectivity index (χ3v) is 2.71. The molecule has 0 saturated carbocycles. The maximum absolute atomic E-state index is 5.56. The highest BCUT2D eigenvalue weighted by molar-refractivity contribution is 5.42. The van der Waals surface area contributed by atoms with Crippen molar-refractivity contribution in [2.75, 3.05) is 27.4 Å². The van der Waals surface area contributed by atoms with Crippen molar-refractivity contribution in [3.8, 4) is 11.5 Å². The molecule has 4 heteroatoms. The Hall–Kier alpha value is -1.26. The van der Waals surface area contributed by atoms with E-state index in [0.717, 1.165) is 24.7 Å². The summed E-state index contributed by atoms with van der Waals surface area (Å²) in [6.45, 7) is 6.43. The third-order valence-electron chi connectivity index (χ3n) is 2.71. The lowest BCUT2D eigenvalue weighted by Crippen LogP contribution is -2.88. The van der Waals surface area contributed by atoms with E-state index in [4.69, 9.17) is 14.2 Å². The molecule has 0 amide bonds. The van der Waals surface area contributed by atoms with Gasteiger partial charge in [0.05, 0.1) is 20.3 Å². The van der Waals surface area contributed by atoms with Crippen molar-refractivity contribution in [3.05, 3.63) is 23.8 Å². The van der Waals surface area contributed by atoms with Crippen molar-refractivity contribution in [1.29, 1.82) is 0 Å². The summed E-state index contributed by atoms with van der Waals surface area (Å²) in [6, 6.07) is 6.51. The lowest BCUT2D eigenvalue weighted by molar-refractivity contribution is -0.702. The van der Waals surface area contributed by atoms with Gasteiger partial charge in [-0.1, -0.05) is 0 Å². The van der Waals surface area contributed by atoms with Crippen LogP contribution in [0, 0.1) is 0 Å². The van der Waals surface area contributed by atoms with Crippen molar-refractivity contribution >= 4 is 0 Å². The average molecular weight is 254 g/mol. The van der Waals surface area contributed by atoms with Gasteiger partial charge < -0.3 is 19.5 Å². The minimum atomic E-state index is 0.452. The van der Waals surface area contributed by atoms with E-state index in [-0.39, 0.29) is 0 Å². The molecule has 0 aromatic heterocycles. The van der Waals surface area contributed by atoms with Crippen molar-refractivity contribution in [1.82, 2.24) is 0 Å². The van der Waals surface area contributed by atoms with Gasteiger partial charge in [0.15, 0.2) is 11.5 Å². The third kappa shape index (κ3) is 4.55. The lowest BCUT2D eigenvalue weighted by atomic mass is 10.2. The number of benzene rings is 1. The van der Waals surface area contributed by atoms with Gasteiger partial charge in [0.1, 0.15) is 12.6 Å². The van der Waals surface area contributed by atoms with E-state index in [9.17, 15) is 0 Å². The molecule has 0 radical (unpaired) electrons. The fourth-order valence-corrected chi connectivity index (χ4v) is 1.78. The Labute approximate surface area is 109 Å². The highest BCUT2D eigenvalue weighted by Crippen LogP contribution is 2.27. The molecule has 0 spiro atoms.